The first-order valence-corrected chi connectivity index (χ1v) is 8.15. The van der Waals surface area contributed by atoms with Crippen LogP contribution in [0.2, 0.25) is 0 Å². The van der Waals surface area contributed by atoms with E-state index in [4.69, 9.17) is 4.74 Å². The Labute approximate surface area is 128 Å². The minimum Gasteiger partial charge on any atom is -0.465 e. The first-order chi connectivity index (χ1) is 10.3. The Bertz CT molecular complexity index is 452. The Morgan fingerprint density at radius 3 is 2.67 bits per heavy atom. The van der Waals surface area contributed by atoms with Crippen molar-refractivity contribution in [2.75, 3.05) is 7.11 Å². The lowest BCUT2D eigenvalue weighted by Gasteiger charge is -2.30. The highest BCUT2D eigenvalue weighted by Gasteiger charge is 2.22. The van der Waals surface area contributed by atoms with E-state index in [9.17, 15) is 4.79 Å². The van der Waals surface area contributed by atoms with Gasteiger partial charge in [-0.25, -0.2) is 4.79 Å². The number of carbonyl (C=O) groups excluding carboxylic acids is 1. The van der Waals surface area contributed by atoms with Gasteiger partial charge in [-0.15, -0.1) is 0 Å². The second-order valence-corrected chi connectivity index (χ2v) is 5.94. The van der Waals surface area contributed by atoms with E-state index in [0.717, 1.165) is 24.4 Å². The molecule has 1 unspecified atom stereocenters. The molecule has 0 aliphatic heterocycles. The molecule has 2 rings (SSSR count). The molecule has 0 heterocycles. The number of methoxy groups -OCH3 is 1. The Morgan fingerprint density at radius 1 is 1.29 bits per heavy atom. The van der Waals surface area contributed by atoms with Gasteiger partial charge in [-0.3, -0.25) is 0 Å². The molecular weight excluding hydrogens is 262 g/mol. The van der Waals surface area contributed by atoms with Crippen LogP contribution in [-0.4, -0.2) is 19.1 Å². The van der Waals surface area contributed by atoms with Crippen molar-refractivity contribution in [1.82, 2.24) is 5.32 Å². The maximum atomic E-state index is 11.8. The average molecular weight is 289 g/mol. The molecule has 0 bridgehead atoms. The number of esters is 1. The number of nitrogens with one attached hydrogen (secondary N) is 1. The van der Waals surface area contributed by atoms with Crippen LogP contribution in [0.1, 0.15) is 61.4 Å². The number of rotatable bonds is 6. The lowest BCUT2D eigenvalue weighted by atomic mass is 9.83. The van der Waals surface area contributed by atoms with Gasteiger partial charge in [0, 0.05) is 12.6 Å². The van der Waals surface area contributed by atoms with Crippen LogP contribution in [0.3, 0.4) is 0 Å². The van der Waals surface area contributed by atoms with Gasteiger partial charge in [0.2, 0.25) is 0 Å². The van der Waals surface area contributed by atoms with Crippen LogP contribution < -0.4 is 5.32 Å². The van der Waals surface area contributed by atoms with Crippen molar-refractivity contribution >= 4 is 5.97 Å². The summed E-state index contributed by atoms with van der Waals surface area (Å²) in [4.78, 5) is 11.8. The fourth-order valence-corrected chi connectivity index (χ4v) is 3.41. The molecule has 0 aromatic heterocycles. The standard InChI is InChI=1S/C18H27NO2/c1-3-17(14-9-5-4-6-10-14)19-13-15-11-7-8-12-16(15)18(20)21-2/h7-8,11-12,14,17,19H,3-6,9-10,13H2,1-2H3. The number of hydrogen-bond acceptors (Lipinski definition) is 3. The normalized spacial score (nSPS) is 17.4. The van der Waals surface area contributed by atoms with E-state index in [2.05, 4.69) is 12.2 Å². The van der Waals surface area contributed by atoms with E-state index in [-0.39, 0.29) is 5.97 Å². The Hall–Kier alpha value is -1.35. The molecule has 1 atom stereocenters. The molecule has 0 saturated heterocycles. The quantitative estimate of drug-likeness (QED) is 0.807. The van der Waals surface area contributed by atoms with Gasteiger partial charge in [0.1, 0.15) is 0 Å². The fourth-order valence-electron chi connectivity index (χ4n) is 3.41. The zero-order valence-electron chi connectivity index (χ0n) is 13.2. The summed E-state index contributed by atoms with van der Waals surface area (Å²) in [6, 6.07) is 8.26. The molecule has 1 saturated carbocycles. The highest BCUT2D eigenvalue weighted by molar-refractivity contribution is 5.90. The monoisotopic (exact) mass is 289 g/mol. The summed E-state index contributed by atoms with van der Waals surface area (Å²) >= 11 is 0. The number of hydrogen-bond donors (Lipinski definition) is 1. The van der Waals surface area contributed by atoms with Crippen LogP contribution in [-0.2, 0) is 11.3 Å². The molecule has 1 aromatic carbocycles. The predicted octanol–water partition coefficient (Wildman–Crippen LogP) is 3.92. The molecule has 3 heteroatoms. The van der Waals surface area contributed by atoms with Gasteiger partial charge in [-0.05, 0) is 36.8 Å². The summed E-state index contributed by atoms with van der Waals surface area (Å²) in [6.07, 6.45) is 7.93. The largest absolute Gasteiger partial charge is 0.465 e. The van der Waals surface area contributed by atoms with E-state index in [1.807, 2.05) is 24.3 Å². The van der Waals surface area contributed by atoms with Gasteiger partial charge in [0.05, 0.1) is 12.7 Å². The van der Waals surface area contributed by atoms with E-state index < -0.39 is 0 Å². The molecule has 1 N–H and O–H groups in total. The predicted molar refractivity (Wildman–Crippen MR) is 85.3 cm³/mol. The van der Waals surface area contributed by atoms with Gasteiger partial charge in [0.25, 0.3) is 0 Å². The molecule has 1 fully saturated rings. The zero-order valence-corrected chi connectivity index (χ0v) is 13.2. The number of ether oxygens (including phenoxy) is 1. The van der Waals surface area contributed by atoms with Gasteiger partial charge < -0.3 is 10.1 Å². The smallest absolute Gasteiger partial charge is 0.338 e. The van der Waals surface area contributed by atoms with Crippen molar-refractivity contribution in [3.8, 4) is 0 Å². The highest BCUT2D eigenvalue weighted by Crippen LogP contribution is 2.28. The summed E-state index contributed by atoms with van der Waals surface area (Å²) in [7, 11) is 1.43. The van der Waals surface area contributed by atoms with Crippen molar-refractivity contribution in [2.24, 2.45) is 5.92 Å². The highest BCUT2D eigenvalue weighted by atomic mass is 16.5. The van der Waals surface area contributed by atoms with Crippen molar-refractivity contribution in [3.63, 3.8) is 0 Å². The Kier molecular flexibility index (Phi) is 6.24. The number of benzene rings is 1. The van der Waals surface area contributed by atoms with Crippen LogP contribution in [0.25, 0.3) is 0 Å². The molecule has 1 aliphatic rings. The molecule has 3 nitrogen and oxygen atoms in total. The molecule has 21 heavy (non-hydrogen) atoms. The maximum Gasteiger partial charge on any atom is 0.338 e. The second kappa shape index (κ2) is 8.18. The number of carbonyl (C=O) groups is 1. The van der Waals surface area contributed by atoms with Gasteiger partial charge in [-0.2, -0.15) is 0 Å². The first-order valence-electron chi connectivity index (χ1n) is 8.15. The van der Waals surface area contributed by atoms with Gasteiger partial charge in [0.15, 0.2) is 0 Å². The summed E-state index contributed by atoms with van der Waals surface area (Å²) in [5.74, 6) is 0.534. The van der Waals surface area contributed by atoms with Crippen LogP contribution in [0.4, 0.5) is 0 Å². The minimum absolute atomic E-state index is 0.252. The summed E-state index contributed by atoms with van der Waals surface area (Å²) in [5, 5.41) is 3.67. The molecule has 116 valence electrons. The topological polar surface area (TPSA) is 38.3 Å². The van der Waals surface area contributed by atoms with Crippen LogP contribution in [0.5, 0.6) is 0 Å². The third-order valence-electron chi connectivity index (χ3n) is 4.64. The van der Waals surface area contributed by atoms with Crippen molar-refractivity contribution < 1.29 is 9.53 Å². The molecule has 1 aromatic rings. The maximum absolute atomic E-state index is 11.8. The Balaban J connectivity index is 1.99. The third-order valence-corrected chi connectivity index (χ3v) is 4.64. The third kappa shape index (κ3) is 4.31. The zero-order chi connectivity index (χ0) is 15.1. The summed E-state index contributed by atoms with van der Waals surface area (Å²) < 4.78 is 4.86. The SMILES string of the molecule is CCC(NCc1ccccc1C(=O)OC)C1CCCCC1. The second-order valence-electron chi connectivity index (χ2n) is 5.94. The fraction of sp³-hybridized carbons (Fsp3) is 0.611. The summed E-state index contributed by atoms with van der Waals surface area (Å²) in [5.41, 5.74) is 1.70. The van der Waals surface area contributed by atoms with Gasteiger partial charge in [-0.1, -0.05) is 44.4 Å². The average Bonchev–Trinajstić information content (AvgIpc) is 2.56. The minimum atomic E-state index is -0.252. The lowest BCUT2D eigenvalue weighted by Crippen LogP contribution is -2.36. The molecule has 0 spiro atoms. The Morgan fingerprint density at radius 2 is 2.00 bits per heavy atom. The molecule has 1 aliphatic carbocycles. The van der Waals surface area contributed by atoms with E-state index in [1.54, 1.807) is 0 Å². The van der Waals surface area contributed by atoms with Crippen LogP contribution >= 0.6 is 0 Å². The van der Waals surface area contributed by atoms with E-state index in [0.29, 0.717) is 11.6 Å². The molecular formula is C18H27NO2. The van der Waals surface area contributed by atoms with Crippen molar-refractivity contribution in [2.45, 2.75) is 58.0 Å². The van der Waals surface area contributed by atoms with E-state index >= 15 is 0 Å². The summed E-state index contributed by atoms with van der Waals surface area (Å²) in [6.45, 7) is 2.98. The molecule has 0 amide bonds. The first kappa shape index (κ1) is 16.0. The van der Waals surface area contributed by atoms with Crippen molar-refractivity contribution in [3.05, 3.63) is 35.4 Å². The van der Waals surface area contributed by atoms with Crippen LogP contribution in [0.15, 0.2) is 24.3 Å². The lowest BCUT2D eigenvalue weighted by molar-refractivity contribution is 0.0599. The van der Waals surface area contributed by atoms with Crippen molar-refractivity contribution in [1.29, 1.82) is 0 Å². The van der Waals surface area contributed by atoms with E-state index in [1.165, 1.54) is 39.2 Å². The molecule has 0 radical (unpaired) electrons. The van der Waals surface area contributed by atoms with Gasteiger partial charge >= 0.3 is 5.97 Å². The van der Waals surface area contributed by atoms with Crippen LogP contribution in [0, 0.1) is 5.92 Å².